The lowest BCUT2D eigenvalue weighted by Crippen LogP contribution is -2.21. The van der Waals surface area contributed by atoms with Crippen molar-refractivity contribution in [3.8, 4) is 0 Å². The van der Waals surface area contributed by atoms with E-state index < -0.39 is 5.91 Å². The zero-order valence-corrected chi connectivity index (χ0v) is 9.83. The molecule has 19 heavy (non-hydrogen) atoms. The van der Waals surface area contributed by atoms with Gasteiger partial charge in [-0.05, 0) is 28.1 Å². The Hall–Kier alpha value is -2.82. The largest absolute Gasteiger partial charge is 0.435 e. The van der Waals surface area contributed by atoms with E-state index in [4.69, 9.17) is 15.4 Å². The molecule has 3 aromatic rings. The molecule has 0 spiro atoms. The topological polar surface area (TPSA) is 88.8 Å². The minimum atomic E-state index is -0.702. The molecule has 0 aliphatic carbocycles. The molecule has 0 fully saturated rings. The third-order valence-electron chi connectivity index (χ3n) is 3.01. The number of rotatable bonds is 1. The van der Waals surface area contributed by atoms with Gasteiger partial charge in [0.25, 0.3) is 11.5 Å². The number of nitrogens with two attached hydrogens (primary N) is 1. The Kier molecular flexibility index (Phi) is 2.45. The molecule has 0 aliphatic heterocycles. The number of hydrogen-bond acceptors (Lipinski definition) is 4. The van der Waals surface area contributed by atoms with Crippen LogP contribution >= 0.6 is 0 Å². The molecule has 5 nitrogen and oxygen atoms in total. The lowest BCUT2D eigenvalue weighted by atomic mass is 10.0. The van der Waals surface area contributed by atoms with E-state index in [1.165, 1.54) is 0 Å². The van der Waals surface area contributed by atoms with E-state index in [-0.39, 0.29) is 11.1 Å². The first kappa shape index (κ1) is 11.3. The third kappa shape index (κ3) is 1.72. The lowest BCUT2D eigenvalue weighted by molar-refractivity contribution is 0.0994. The molecule has 0 radical (unpaired) electrons. The van der Waals surface area contributed by atoms with Gasteiger partial charge < -0.3 is 15.4 Å². The van der Waals surface area contributed by atoms with Crippen molar-refractivity contribution in [1.29, 1.82) is 0 Å². The van der Waals surface area contributed by atoms with Gasteiger partial charge in [0.15, 0.2) is 0 Å². The second kappa shape index (κ2) is 4.13. The SMILES string of the molecule is NC(=O)c1cc2c(ccc3ccccc32)oc1=NO. The molecule has 1 amide bonds. The number of fused-ring (bicyclic) bond motifs is 3. The van der Waals surface area contributed by atoms with Crippen LogP contribution in [-0.2, 0) is 0 Å². The smallest absolute Gasteiger partial charge is 0.268 e. The normalized spacial score (nSPS) is 12.1. The Bertz CT molecular complexity index is 865. The maximum absolute atomic E-state index is 11.4. The summed E-state index contributed by atoms with van der Waals surface area (Å²) in [6.45, 7) is 0. The van der Waals surface area contributed by atoms with Gasteiger partial charge in [-0.25, -0.2) is 0 Å². The summed E-state index contributed by atoms with van der Waals surface area (Å²) in [5.41, 5.74) is 5.64. The van der Waals surface area contributed by atoms with Crippen LogP contribution in [0.4, 0.5) is 0 Å². The Morgan fingerprint density at radius 1 is 1.16 bits per heavy atom. The molecule has 1 heterocycles. The molecular weight excluding hydrogens is 244 g/mol. The first-order chi connectivity index (χ1) is 9.20. The number of benzene rings is 2. The van der Waals surface area contributed by atoms with Crippen molar-refractivity contribution in [3.63, 3.8) is 0 Å². The molecule has 5 heteroatoms. The number of hydrogen-bond donors (Lipinski definition) is 2. The Morgan fingerprint density at radius 2 is 1.95 bits per heavy atom. The van der Waals surface area contributed by atoms with Crippen LogP contribution in [0.3, 0.4) is 0 Å². The molecule has 3 N–H and O–H groups in total. The third-order valence-corrected chi connectivity index (χ3v) is 3.01. The molecule has 0 unspecified atom stereocenters. The molecule has 0 bridgehead atoms. The summed E-state index contributed by atoms with van der Waals surface area (Å²) in [4.78, 5) is 11.4. The van der Waals surface area contributed by atoms with Crippen LogP contribution in [-0.4, -0.2) is 11.1 Å². The maximum Gasteiger partial charge on any atom is 0.268 e. The highest BCUT2D eigenvalue weighted by Crippen LogP contribution is 2.24. The van der Waals surface area contributed by atoms with Crippen LogP contribution in [0, 0.1) is 0 Å². The van der Waals surface area contributed by atoms with E-state index >= 15 is 0 Å². The highest BCUT2D eigenvalue weighted by Gasteiger charge is 2.11. The van der Waals surface area contributed by atoms with Gasteiger partial charge in [0, 0.05) is 5.39 Å². The Balaban J connectivity index is 2.53. The van der Waals surface area contributed by atoms with Crippen LogP contribution in [0.1, 0.15) is 10.4 Å². The van der Waals surface area contributed by atoms with Crippen LogP contribution in [0.15, 0.2) is 52.0 Å². The van der Waals surface area contributed by atoms with Crippen molar-refractivity contribution >= 4 is 27.6 Å². The summed E-state index contributed by atoms with van der Waals surface area (Å²) >= 11 is 0. The molecule has 2 aromatic carbocycles. The van der Waals surface area contributed by atoms with Gasteiger partial charge in [0.1, 0.15) is 11.1 Å². The van der Waals surface area contributed by atoms with Crippen molar-refractivity contribution < 1.29 is 14.4 Å². The number of carbonyl (C=O) groups excluding carboxylic acids is 1. The summed E-state index contributed by atoms with van der Waals surface area (Å²) in [5.74, 6) is -0.702. The summed E-state index contributed by atoms with van der Waals surface area (Å²) < 4.78 is 5.39. The summed E-state index contributed by atoms with van der Waals surface area (Å²) in [7, 11) is 0. The molecular formula is C14H10N2O3. The van der Waals surface area contributed by atoms with Crippen LogP contribution in [0.2, 0.25) is 0 Å². The second-order valence-corrected chi connectivity index (χ2v) is 4.13. The highest BCUT2D eigenvalue weighted by atomic mass is 16.5. The van der Waals surface area contributed by atoms with E-state index in [0.29, 0.717) is 5.58 Å². The minimum Gasteiger partial charge on any atom is -0.435 e. The minimum absolute atomic E-state index is 0.0475. The summed E-state index contributed by atoms with van der Waals surface area (Å²) in [6, 6.07) is 13.0. The fourth-order valence-electron chi connectivity index (χ4n) is 2.13. The predicted octanol–water partition coefficient (Wildman–Crippen LogP) is 1.97. The highest BCUT2D eigenvalue weighted by molar-refractivity contribution is 6.07. The average molecular weight is 254 g/mol. The van der Waals surface area contributed by atoms with E-state index in [1.54, 1.807) is 12.1 Å². The number of carbonyl (C=O) groups is 1. The number of nitrogens with zero attached hydrogens (tertiary/aromatic N) is 1. The van der Waals surface area contributed by atoms with Gasteiger partial charge >= 0.3 is 0 Å². The quantitative estimate of drug-likeness (QED) is 0.395. The van der Waals surface area contributed by atoms with Gasteiger partial charge in [-0.3, -0.25) is 4.79 Å². The van der Waals surface area contributed by atoms with Crippen molar-refractivity contribution in [1.82, 2.24) is 0 Å². The lowest BCUT2D eigenvalue weighted by Gasteiger charge is -2.04. The first-order valence-electron chi connectivity index (χ1n) is 5.64. The maximum atomic E-state index is 11.4. The molecule has 0 aliphatic rings. The molecule has 1 aromatic heterocycles. The van der Waals surface area contributed by atoms with Crippen molar-refractivity contribution in [2.24, 2.45) is 10.9 Å². The zero-order valence-electron chi connectivity index (χ0n) is 9.83. The van der Waals surface area contributed by atoms with Crippen LogP contribution < -0.4 is 11.3 Å². The fourth-order valence-corrected chi connectivity index (χ4v) is 2.13. The molecule has 0 saturated heterocycles. The van der Waals surface area contributed by atoms with E-state index in [2.05, 4.69) is 5.16 Å². The van der Waals surface area contributed by atoms with Gasteiger partial charge in [-0.2, -0.15) is 0 Å². The summed E-state index contributed by atoms with van der Waals surface area (Å²) in [5, 5.41) is 14.5. The van der Waals surface area contributed by atoms with Crippen LogP contribution in [0.5, 0.6) is 0 Å². The van der Waals surface area contributed by atoms with Gasteiger partial charge in [-0.15, -0.1) is 0 Å². The molecule has 0 saturated carbocycles. The number of amides is 1. The van der Waals surface area contributed by atoms with E-state index in [0.717, 1.165) is 16.2 Å². The van der Waals surface area contributed by atoms with Crippen LogP contribution in [0.25, 0.3) is 21.7 Å². The fraction of sp³-hybridized carbons (Fsp3) is 0. The number of primary amides is 1. The van der Waals surface area contributed by atoms with E-state index in [1.807, 2.05) is 30.3 Å². The molecule has 0 atom stereocenters. The van der Waals surface area contributed by atoms with Crippen molar-refractivity contribution in [2.45, 2.75) is 0 Å². The summed E-state index contributed by atoms with van der Waals surface area (Å²) in [6.07, 6.45) is 0. The molecule has 94 valence electrons. The molecule has 3 rings (SSSR count). The van der Waals surface area contributed by atoms with Gasteiger partial charge in [-0.1, -0.05) is 30.3 Å². The van der Waals surface area contributed by atoms with E-state index in [9.17, 15) is 4.79 Å². The standard InChI is InChI=1S/C14H10N2O3/c15-13(17)11-7-10-9-4-2-1-3-8(9)5-6-12(10)19-14(11)16-18/h1-7,18H,(H2,15,17). The predicted molar refractivity (Wildman–Crippen MR) is 69.6 cm³/mol. The van der Waals surface area contributed by atoms with Gasteiger partial charge in [0.05, 0.1) is 0 Å². The monoisotopic (exact) mass is 254 g/mol. The zero-order chi connectivity index (χ0) is 13.4. The Morgan fingerprint density at radius 3 is 2.68 bits per heavy atom. The van der Waals surface area contributed by atoms with Crippen molar-refractivity contribution in [2.75, 3.05) is 0 Å². The first-order valence-corrected chi connectivity index (χ1v) is 5.64. The Labute approximate surface area is 107 Å². The second-order valence-electron chi connectivity index (χ2n) is 4.13. The van der Waals surface area contributed by atoms with Crippen molar-refractivity contribution in [3.05, 3.63) is 53.6 Å². The van der Waals surface area contributed by atoms with Gasteiger partial charge in [0.2, 0.25) is 0 Å². The average Bonchev–Trinajstić information content (AvgIpc) is 2.45.